The van der Waals surface area contributed by atoms with Gasteiger partial charge in [0.2, 0.25) is 0 Å². The Morgan fingerprint density at radius 1 is 1.35 bits per heavy atom. The number of rotatable bonds is 7. The Bertz CT molecular complexity index is 620. The molecule has 124 valence electrons. The van der Waals surface area contributed by atoms with Crippen molar-refractivity contribution in [2.24, 2.45) is 0 Å². The highest BCUT2D eigenvalue weighted by atomic mass is 32.1. The second-order valence-electron chi connectivity index (χ2n) is 5.51. The average Bonchev–Trinajstić information content (AvgIpc) is 3.10. The molecule has 0 aliphatic carbocycles. The van der Waals surface area contributed by atoms with Gasteiger partial charge in [-0.3, -0.25) is 4.79 Å². The molecule has 0 bridgehead atoms. The number of carbonyl (C=O) groups excluding carboxylic acids is 1. The molecule has 2 rings (SSSR count). The molecule has 0 fully saturated rings. The summed E-state index contributed by atoms with van der Waals surface area (Å²) in [4.78, 5) is 19.5. The van der Waals surface area contributed by atoms with Crippen molar-refractivity contribution in [2.75, 3.05) is 24.5 Å². The van der Waals surface area contributed by atoms with Crippen LogP contribution in [0.5, 0.6) is 0 Å². The Balaban J connectivity index is 1.98. The first kappa shape index (κ1) is 17.4. The van der Waals surface area contributed by atoms with Crippen LogP contribution in [0.3, 0.4) is 0 Å². The maximum atomic E-state index is 12.2. The number of pyridine rings is 1. The van der Waals surface area contributed by atoms with Crippen molar-refractivity contribution < 1.29 is 9.90 Å². The van der Waals surface area contributed by atoms with E-state index < -0.39 is 5.60 Å². The smallest absolute Gasteiger partial charge is 0.252 e. The third-order valence-corrected chi connectivity index (χ3v) is 4.87. The maximum absolute atomic E-state index is 12.2. The molecule has 0 aliphatic heterocycles. The molecule has 0 saturated heterocycles. The molecule has 5 nitrogen and oxygen atoms in total. The SMILES string of the molecule is CCN(CC)c1ccc(C(=O)NCC(C)(O)c2cccs2)cn1. The average molecular weight is 333 g/mol. The van der Waals surface area contributed by atoms with Crippen molar-refractivity contribution in [3.8, 4) is 0 Å². The second-order valence-corrected chi connectivity index (χ2v) is 6.46. The van der Waals surface area contributed by atoms with Crippen LogP contribution in [0.4, 0.5) is 5.82 Å². The zero-order valence-corrected chi connectivity index (χ0v) is 14.6. The molecule has 0 aromatic carbocycles. The van der Waals surface area contributed by atoms with Gasteiger partial charge in [-0.2, -0.15) is 0 Å². The summed E-state index contributed by atoms with van der Waals surface area (Å²) in [6.45, 7) is 7.74. The van der Waals surface area contributed by atoms with E-state index in [1.54, 1.807) is 19.2 Å². The summed E-state index contributed by atoms with van der Waals surface area (Å²) in [7, 11) is 0. The van der Waals surface area contributed by atoms with Gasteiger partial charge in [0.1, 0.15) is 11.4 Å². The van der Waals surface area contributed by atoms with E-state index in [0.29, 0.717) is 5.56 Å². The van der Waals surface area contributed by atoms with E-state index in [9.17, 15) is 9.90 Å². The van der Waals surface area contributed by atoms with Crippen LogP contribution in [0.25, 0.3) is 0 Å². The van der Waals surface area contributed by atoms with Gasteiger partial charge in [-0.1, -0.05) is 6.07 Å². The highest BCUT2D eigenvalue weighted by Crippen LogP contribution is 2.24. The Labute approximate surface area is 141 Å². The van der Waals surface area contributed by atoms with E-state index in [2.05, 4.69) is 29.0 Å². The van der Waals surface area contributed by atoms with Gasteiger partial charge in [0, 0.05) is 24.2 Å². The molecule has 2 heterocycles. The van der Waals surface area contributed by atoms with Crippen molar-refractivity contribution in [3.63, 3.8) is 0 Å². The molecule has 6 heteroatoms. The first-order valence-electron chi connectivity index (χ1n) is 7.73. The number of hydrogen-bond donors (Lipinski definition) is 2. The molecule has 1 atom stereocenters. The van der Waals surface area contributed by atoms with Crippen LogP contribution in [-0.2, 0) is 5.60 Å². The van der Waals surface area contributed by atoms with E-state index >= 15 is 0 Å². The summed E-state index contributed by atoms with van der Waals surface area (Å²) >= 11 is 1.47. The van der Waals surface area contributed by atoms with Gasteiger partial charge >= 0.3 is 0 Å². The summed E-state index contributed by atoms with van der Waals surface area (Å²) in [5.74, 6) is 0.623. The molecule has 0 saturated carbocycles. The predicted octanol–water partition coefficient (Wildman–Crippen LogP) is 2.63. The van der Waals surface area contributed by atoms with Crippen LogP contribution in [0.15, 0.2) is 35.8 Å². The normalized spacial score (nSPS) is 13.4. The Morgan fingerprint density at radius 3 is 2.61 bits per heavy atom. The van der Waals surface area contributed by atoms with E-state index in [-0.39, 0.29) is 12.5 Å². The van der Waals surface area contributed by atoms with Crippen molar-refractivity contribution in [3.05, 3.63) is 46.3 Å². The van der Waals surface area contributed by atoms with Crippen LogP contribution in [0, 0.1) is 0 Å². The Kier molecular flexibility index (Phi) is 5.74. The number of carbonyl (C=O) groups is 1. The Hall–Kier alpha value is -1.92. The monoisotopic (exact) mass is 333 g/mol. The van der Waals surface area contributed by atoms with Crippen molar-refractivity contribution in [1.82, 2.24) is 10.3 Å². The maximum Gasteiger partial charge on any atom is 0.252 e. The van der Waals surface area contributed by atoms with E-state index in [0.717, 1.165) is 23.8 Å². The van der Waals surface area contributed by atoms with E-state index in [1.807, 2.05) is 23.6 Å². The minimum atomic E-state index is -1.07. The quantitative estimate of drug-likeness (QED) is 0.817. The largest absolute Gasteiger partial charge is 0.383 e. The fourth-order valence-corrected chi connectivity index (χ4v) is 3.07. The first-order valence-corrected chi connectivity index (χ1v) is 8.61. The molecule has 0 spiro atoms. The molecule has 23 heavy (non-hydrogen) atoms. The van der Waals surface area contributed by atoms with Gasteiger partial charge in [-0.15, -0.1) is 11.3 Å². The van der Waals surface area contributed by atoms with E-state index in [1.165, 1.54) is 11.3 Å². The number of aromatic nitrogens is 1. The molecular weight excluding hydrogens is 310 g/mol. The lowest BCUT2D eigenvalue weighted by Crippen LogP contribution is -2.38. The highest BCUT2D eigenvalue weighted by Gasteiger charge is 2.25. The highest BCUT2D eigenvalue weighted by molar-refractivity contribution is 7.10. The van der Waals surface area contributed by atoms with E-state index in [4.69, 9.17) is 0 Å². The third kappa shape index (κ3) is 4.30. The van der Waals surface area contributed by atoms with Crippen LogP contribution in [0.1, 0.15) is 36.0 Å². The van der Waals surface area contributed by atoms with Crippen molar-refractivity contribution in [2.45, 2.75) is 26.4 Å². The van der Waals surface area contributed by atoms with Crippen LogP contribution >= 0.6 is 11.3 Å². The van der Waals surface area contributed by atoms with Crippen LogP contribution in [0.2, 0.25) is 0 Å². The molecular formula is C17H23N3O2S. The fraction of sp³-hybridized carbons (Fsp3) is 0.412. The zero-order valence-electron chi connectivity index (χ0n) is 13.7. The van der Waals surface area contributed by atoms with Gasteiger partial charge in [0.05, 0.1) is 12.1 Å². The summed E-state index contributed by atoms with van der Waals surface area (Å²) < 4.78 is 0. The zero-order chi connectivity index (χ0) is 16.9. The number of nitrogens with one attached hydrogen (secondary N) is 1. The van der Waals surface area contributed by atoms with Crippen LogP contribution in [-0.4, -0.2) is 35.6 Å². The number of amides is 1. The van der Waals surface area contributed by atoms with Gasteiger partial charge in [-0.05, 0) is 44.4 Å². The second kappa shape index (κ2) is 7.57. The van der Waals surface area contributed by atoms with Gasteiger partial charge in [0.25, 0.3) is 5.91 Å². The van der Waals surface area contributed by atoms with Gasteiger partial charge < -0.3 is 15.3 Å². The summed E-state index contributed by atoms with van der Waals surface area (Å²) in [5, 5.41) is 15.1. The lowest BCUT2D eigenvalue weighted by Gasteiger charge is -2.22. The lowest BCUT2D eigenvalue weighted by atomic mass is 10.1. The molecule has 2 aromatic rings. The van der Waals surface area contributed by atoms with Crippen molar-refractivity contribution >= 4 is 23.1 Å². The van der Waals surface area contributed by atoms with Gasteiger partial charge in [-0.25, -0.2) is 4.98 Å². The third-order valence-electron chi connectivity index (χ3n) is 3.74. The summed E-state index contributed by atoms with van der Waals surface area (Å²) in [5.41, 5.74) is -0.582. The standard InChI is InChI=1S/C17H23N3O2S/c1-4-20(5-2)15-9-8-13(11-18-15)16(21)19-12-17(3,22)14-7-6-10-23-14/h6-11,22H,4-5,12H2,1-3H3,(H,19,21). The first-order chi connectivity index (χ1) is 11.0. The van der Waals surface area contributed by atoms with Crippen LogP contribution < -0.4 is 10.2 Å². The number of thiophene rings is 1. The number of hydrogen-bond acceptors (Lipinski definition) is 5. The number of anilines is 1. The molecule has 2 N–H and O–H groups in total. The van der Waals surface area contributed by atoms with Gasteiger partial charge in [0.15, 0.2) is 0 Å². The lowest BCUT2D eigenvalue weighted by molar-refractivity contribution is 0.0556. The number of nitrogens with zero attached hydrogens (tertiary/aromatic N) is 2. The molecule has 1 amide bonds. The Morgan fingerprint density at radius 2 is 2.09 bits per heavy atom. The fourth-order valence-electron chi connectivity index (χ4n) is 2.28. The minimum Gasteiger partial charge on any atom is -0.383 e. The summed E-state index contributed by atoms with van der Waals surface area (Å²) in [6, 6.07) is 7.35. The molecule has 0 radical (unpaired) electrons. The number of aliphatic hydroxyl groups is 1. The topological polar surface area (TPSA) is 65.5 Å². The molecule has 2 aromatic heterocycles. The predicted molar refractivity (Wildman–Crippen MR) is 94.0 cm³/mol. The minimum absolute atomic E-state index is 0.157. The molecule has 0 aliphatic rings. The summed E-state index contributed by atoms with van der Waals surface area (Å²) in [6.07, 6.45) is 1.57. The van der Waals surface area contributed by atoms with Crippen molar-refractivity contribution in [1.29, 1.82) is 0 Å². The molecule has 1 unspecified atom stereocenters.